The van der Waals surface area contributed by atoms with Crippen LogP contribution in [-0.4, -0.2) is 97.8 Å². The first-order valence-electron chi connectivity index (χ1n) is 17.5. The average molecular weight is 651 g/mol. The van der Waals surface area contributed by atoms with Crippen LogP contribution in [0.3, 0.4) is 0 Å². The van der Waals surface area contributed by atoms with Crippen molar-refractivity contribution < 1.29 is 50.0 Å². The molecule has 0 aromatic heterocycles. The van der Waals surface area contributed by atoms with Crippen LogP contribution in [0.1, 0.15) is 99.3 Å². The summed E-state index contributed by atoms with van der Waals surface area (Å²) in [6.07, 6.45) is -0.357. The summed E-state index contributed by atoms with van der Waals surface area (Å²) >= 11 is 0. The van der Waals surface area contributed by atoms with E-state index in [0.717, 1.165) is 38.5 Å². The topological polar surface area (TPSA) is 177 Å². The monoisotopic (exact) mass is 650 g/mol. The Hall–Kier alpha value is -1.11. The predicted octanol–water partition coefficient (Wildman–Crippen LogP) is 2.44. The highest BCUT2D eigenvalue weighted by Gasteiger charge is 2.71. The number of aliphatic hydroxyl groups excluding tert-OH is 7. The second kappa shape index (κ2) is 11.2. The fourth-order valence-electron chi connectivity index (χ4n) is 12.1. The summed E-state index contributed by atoms with van der Waals surface area (Å²) < 4.78 is 11.5. The Kier molecular flexibility index (Phi) is 8.46. The summed E-state index contributed by atoms with van der Waals surface area (Å²) in [5, 5.41) is 73.8. The van der Waals surface area contributed by atoms with Crippen LogP contribution in [0.5, 0.6) is 0 Å². The summed E-state index contributed by atoms with van der Waals surface area (Å²) in [5.74, 6) is -0.293. The fraction of sp³-hybridized carbons (Fsp3) is 0.917. The van der Waals surface area contributed by atoms with Gasteiger partial charge in [-0.2, -0.15) is 0 Å². The minimum Gasteiger partial charge on any atom is -0.432 e. The van der Waals surface area contributed by atoms with Gasteiger partial charge >= 0.3 is 5.97 Å². The number of hydrogen-bond acceptors (Lipinski definition) is 10. The molecule has 4 saturated carbocycles. The molecule has 10 nitrogen and oxygen atoms in total. The molecule has 15 atom stereocenters. The minimum absolute atomic E-state index is 0.00930. The Balaban J connectivity index is 1.36. The van der Waals surface area contributed by atoms with Gasteiger partial charge in [0.25, 0.3) is 0 Å². The van der Waals surface area contributed by atoms with E-state index in [9.17, 15) is 40.5 Å². The molecule has 0 unspecified atom stereocenters. The molecule has 10 heteroatoms. The largest absolute Gasteiger partial charge is 0.432 e. The number of carbonyl (C=O) groups is 1. The molecule has 0 aromatic rings. The van der Waals surface area contributed by atoms with Gasteiger partial charge in [-0.3, -0.25) is 4.79 Å². The lowest BCUT2D eigenvalue weighted by atomic mass is 9.33. The van der Waals surface area contributed by atoms with Gasteiger partial charge < -0.3 is 45.2 Å². The number of rotatable bonds is 4. The van der Waals surface area contributed by atoms with E-state index in [2.05, 4.69) is 40.7 Å². The normalized spacial score (nSPS) is 54.8. The molecule has 1 heterocycles. The molecule has 0 amide bonds. The fourth-order valence-corrected chi connectivity index (χ4v) is 12.1. The highest BCUT2D eigenvalue weighted by molar-refractivity contribution is 5.79. The molecule has 0 bridgehead atoms. The van der Waals surface area contributed by atoms with Crippen LogP contribution in [-0.2, 0) is 14.3 Å². The Morgan fingerprint density at radius 1 is 0.870 bits per heavy atom. The van der Waals surface area contributed by atoms with Crippen LogP contribution >= 0.6 is 0 Å². The smallest absolute Gasteiger partial charge is 0.315 e. The van der Waals surface area contributed by atoms with Crippen molar-refractivity contribution in [2.75, 3.05) is 13.2 Å². The van der Waals surface area contributed by atoms with Crippen molar-refractivity contribution in [2.24, 2.45) is 50.2 Å². The van der Waals surface area contributed by atoms with Crippen LogP contribution in [0, 0.1) is 50.2 Å². The van der Waals surface area contributed by atoms with Crippen molar-refractivity contribution in [2.45, 2.75) is 142 Å². The van der Waals surface area contributed by atoms with Gasteiger partial charge in [0.05, 0.1) is 30.8 Å². The number of esters is 1. The van der Waals surface area contributed by atoms with E-state index in [1.807, 2.05) is 6.92 Å². The molecule has 6 rings (SSSR count). The highest BCUT2D eigenvalue weighted by atomic mass is 16.7. The van der Waals surface area contributed by atoms with E-state index in [1.165, 1.54) is 5.57 Å². The second-order valence-corrected chi connectivity index (χ2v) is 17.9. The van der Waals surface area contributed by atoms with Crippen LogP contribution in [0.2, 0.25) is 0 Å². The summed E-state index contributed by atoms with van der Waals surface area (Å²) in [4.78, 5) is 14.4. The lowest BCUT2D eigenvalue weighted by Gasteiger charge is -2.71. The van der Waals surface area contributed by atoms with Crippen LogP contribution in [0.25, 0.3) is 0 Å². The summed E-state index contributed by atoms with van der Waals surface area (Å²) in [6, 6.07) is 0. The molecular weight excluding hydrogens is 592 g/mol. The SMILES string of the molecule is CC1(C)CC[C@]2(C(=O)O[C@@H]3O[C@H](CO)[C@@H](O)[C@H](O)[C@H]3O)CC[C@]3(C)C(=CC[C@@H]4[C@@]5(C)C[C@@H](O)[C@H](O)[C@@](C)(CO)[C@H]5CC[C@]43C)[C@@H]2C1. The van der Waals surface area contributed by atoms with Gasteiger partial charge in [-0.05, 0) is 97.2 Å². The number of fused-ring (bicyclic) bond motifs is 7. The molecular formula is C36H58O10. The zero-order valence-electron chi connectivity index (χ0n) is 28.5. The van der Waals surface area contributed by atoms with Crippen LogP contribution in [0.4, 0.5) is 0 Å². The third kappa shape index (κ3) is 4.60. The molecule has 7 N–H and O–H groups in total. The van der Waals surface area contributed by atoms with Crippen molar-refractivity contribution in [3.63, 3.8) is 0 Å². The van der Waals surface area contributed by atoms with E-state index < -0.39 is 66.3 Å². The van der Waals surface area contributed by atoms with Crippen molar-refractivity contribution in [3.05, 3.63) is 11.6 Å². The highest BCUT2D eigenvalue weighted by Crippen LogP contribution is 2.75. The molecule has 262 valence electrons. The molecule has 46 heavy (non-hydrogen) atoms. The van der Waals surface area contributed by atoms with Gasteiger partial charge in [0.2, 0.25) is 6.29 Å². The van der Waals surface area contributed by atoms with Gasteiger partial charge in [0, 0.05) is 5.41 Å². The predicted molar refractivity (Wildman–Crippen MR) is 168 cm³/mol. The lowest BCUT2D eigenvalue weighted by Crippen LogP contribution is -2.68. The van der Waals surface area contributed by atoms with Crippen LogP contribution < -0.4 is 0 Å². The molecule has 6 aliphatic rings. The zero-order valence-corrected chi connectivity index (χ0v) is 28.5. The van der Waals surface area contributed by atoms with E-state index in [-0.39, 0.29) is 46.0 Å². The molecule has 1 aliphatic heterocycles. The Morgan fingerprint density at radius 3 is 2.20 bits per heavy atom. The Bertz CT molecular complexity index is 1240. The van der Waals surface area contributed by atoms with Crippen molar-refractivity contribution in [3.8, 4) is 0 Å². The van der Waals surface area contributed by atoms with Gasteiger partial charge in [-0.1, -0.05) is 53.2 Å². The molecule has 1 saturated heterocycles. The number of carbonyl (C=O) groups excluding carboxylic acids is 1. The Labute approximate surface area is 273 Å². The first kappa shape index (κ1) is 34.7. The summed E-state index contributed by atoms with van der Waals surface area (Å²) in [7, 11) is 0. The third-order valence-electron chi connectivity index (χ3n) is 15.2. The first-order valence-corrected chi connectivity index (χ1v) is 17.5. The van der Waals surface area contributed by atoms with Gasteiger partial charge in [0.15, 0.2) is 0 Å². The van der Waals surface area contributed by atoms with E-state index >= 15 is 0 Å². The summed E-state index contributed by atoms with van der Waals surface area (Å²) in [6.45, 7) is 12.7. The number of aliphatic hydroxyl groups is 7. The standard InChI is InChI=1S/C36H58O10/c1-31(2)11-13-36(30(44)46-29-27(42)26(41)25(40)22(17-37)45-29)14-12-34(5)19(20(36)15-31)7-8-24-32(3)16-21(39)28(43)33(4,18-38)23(32)9-10-35(24,34)6/h7,20-29,37-43H,8-18H2,1-6H3/t20-,21+,22+,23-,24+,25+,26-,27+,28-,29-,32-,33-,34+,35+,36-/m0/s1. The maximum atomic E-state index is 14.4. The second-order valence-electron chi connectivity index (χ2n) is 17.9. The van der Waals surface area contributed by atoms with Gasteiger partial charge in [0.1, 0.15) is 24.4 Å². The van der Waals surface area contributed by atoms with Gasteiger partial charge in [-0.15, -0.1) is 0 Å². The van der Waals surface area contributed by atoms with Crippen molar-refractivity contribution in [1.29, 1.82) is 0 Å². The lowest BCUT2D eigenvalue weighted by molar-refractivity contribution is -0.297. The van der Waals surface area contributed by atoms with Crippen LogP contribution in [0.15, 0.2) is 11.6 Å². The maximum absolute atomic E-state index is 14.4. The first-order chi connectivity index (χ1) is 21.3. The molecule has 5 aliphatic carbocycles. The third-order valence-corrected chi connectivity index (χ3v) is 15.2. The summed E-state index contributed by atoms with van der Waals surface area (Å²) in [5.41, 5.74) is -1.02. The maximum Gasteiger partial charge on any atom is 0.315 e. The number of ether oxygens (including phenoxy) is 2. The van der Waals surface area contributed by atoms with E-state index in [0.29, 0.717) is 19.3 Å². The Morgan fingerprint density at radius 2 is 1.54 bits per heavy atom. The number of allylic oxidation sites excluding steroid dienone is 2. The molecule has 5 fully saturated rings. The zero-order chi connectivity index (χ0) is 33.8. The average Bonchev–Trinajstić information content (AvgIpc) is 3.00. The molecule has 0 radical (unpaired) electrons. The van der Waals surface area contributed by atoms with E-state index in [1.54, 1.807) is 0 Å². The van der Waals surface area contributed by atoms with E-state index in [4.69, 9.17) is 9.47 Å². The van der Waals surface area contributed by atoms with Gasteiger partial charge in [-0.25, -0.2) is 0 Å². The number of hydrogen-bond donors (Lipinski definition) is 7. The minimum atomic E-state index is -1.65. The quantitative estimate of drug-likeness (QED) is 0.177. The molecule has 0 aromatic carbocycles. The van der Waals surface area contributed by atoms with Crippen molar-refractivity contribution in [1.82, 2.24) is 0 Å². The van der Waals surface area contributed by atoms with Crippen molar-refractivity contribution >= 4 is 5.97 Å². The molecule has 0 spiro atoms.